The van der Waals surface area contributed by atoms with Crippen molar-refractivity contribution < 1.29 is 4.57 Å². The molecule has 0 N–H and O–H groups in total. The Balaban J connectivity index is 2.30. The Bertz CT molecular complexity index is 717. The van der Waals surface area contributed by atoms with Crippen LogP contribution in [0.25, 0.3) is 22.0 Å². The molecule has 0 spiro atoms. The molecule has 88 valence electrons. The van der Waals surface area contributed by atoms with Gasteiger partial charge in [0.15, 0.2) is 0 Å². The molecule has 0 aliphatic rings. The van der Waals surface area contributed by atoms with Crippen LogP contribution in [-0.4, -0.2) is 4.98 Å². The third kappa shape index (κ3) is 1.76. The Morgan fingerprint density at radius 2 is 1.72 bits per heavy atom. The van der Waals surface area contributed by atoms with Crippen LogP contribution >= 0.6 is 0 Å². The van der Waals surface area contributed by atoms with Gasteiger partial charge >= 0.3 is 0 Å². The second kappa shape index (κ2) is 4.22. The van der Waals surface area contributed by atoms with E-state index >= 15 is 0 Å². The Kier molecular flexibility index (Phi) is 2.56. The molecule has 0 atom stereocenters. The number of aromatic nitrogens is 2. The Labute approximate surface area is 107 Å². The minimum absolute atomic E-state index is 1.19. The second-order valence-electron chi connectivity index (χ2n) is 4.59. The molecule has 0 saturated carbocycles. The lowest BCUT2D eigenvalue weighted by Gasteiger charge is -2.08. The molecule has 3 aromatic rings. The molecule has 2 heteroatoms. The van der Waals surface area contributed by atoms with E-state index in [2.05, 4.69) is 58.9 Å². The summed E-state index contributed by atoms with van der Waals surface area (Å²) in [7, 11) is 2.02. The van der Waals surface area contributed by atoms with Crippen molar-refractivity contribution in [2.75, 3.05) is 0 Å². The van der Waals surface area contributed by atoms with E-state index in [1.54, 1.807) is 0 Å². The fourth-order valence-electron chi connectivity index (χ4n) is 2.34. The van der Waals surface area contributed by atoms with Crippen LogP contribution in [0.3, 0.4) is 0 Å². The smallest absolute Gasteiger partial charge is 0.233 e. The van der Waals surface area contributed by atoms with E-state index in [1.807, 2.05) is 19.6 Å². The summed E-state index contributed by atoms with van der Waals surface area (Å²) in [4.78, 5) is 4.13. The van der Waals surface area contributed by atoms with Gasteiger partial charge in [-0.2, -0.15) is 0 Å². The summed E-state index contributed by atoms with van der Waals surface area (Å²) in [5.41, 5.74) is 3.74. The average Bonchev–Trinajstić information content (AvgIpc) is 2.39. The first kappa shape index (κ1) is 10.9. The van der Waals surface area contributed by atoms with E-state index in [0.717, 1.165) is 0 Å². The summed E-state index contributed by atoms with van der Waals surface area (Å²) in [6.07, 6.45) is 3.67. The summed E-state index contributed by atoms with van der Waals surface area (Å²) in [5.74, 6) is 0. The molecule has 0 amide bonds. The molecule has 1 heterocycles. The summed E-state index contributed by atoms with van der Waals surface area (Å²) in [5, 5.41) is 2.56. The van der Waals surface area contributed by atoms with Crippen molar-refractivity contribution in [3.8, 4) is 11.3 Å². The number of benzene rings is 2. The minimum atomic E-state index is 1.19. The topological polar surface area (TPSA) is 16.8 Å². The van der Waals surface area contributed by atoms with Crippen molar-refractivity contribution >= 4 is 10.8 Å². The lowest BCUT2D eigenvalue weighted by Crippen LogP contribution is -2.31. The van der Waals surface area contributed by atoms with E-state index in [0.29, 0.717) is 0 Å². The predicted molar refractivity (Wildman–Crippen MR) is 73.1 cm³/mol. The molecular weight excluding hydrogens is 220 g/mol. The number of rotatable bonds is 1. The van der Waals surface area contributed by atoms with Gasteiger partial charge in [-0.05, 0) is 29.3 Å². The average molecular weight is 235 g/mol. The van der Waals surface area contributed by atoms with Crippen LogP contribution in [-0.2, 0) is 7.05 Å². The number of hydrogen-bond donors (Lipinski definition) is 0. The molecule has 0 radical (unpaired) electrons. The largest absolute Gasteiger partial charge is 0.286 e. The zero-order chi connectivity index (χ0) is 12.5. The van der Waals surface area contributed by atoms with Gasteiger partial charge in [0.1, 0.15) is 11.9 Å². The Hall–Kier alpha value is -2.22. The van der Waals surface area contributed by atoms with E-state index in [1.165, 1.54) is 27.6 Å². The molecule has 3 rings (SSSR count). The van der Waals surface area contributed by atoms with Crippen molar-refractivity contribution in [2.24, 2.45) is 7.05 Å². The van der Waals surface area contributed by atoms with Gasteiger partial charge < -0.3 is 0 Å². The lowest BCUT2D eigenvalue weighted by atomic mass is 9.99. The van der Waals surface area contributed by atoms with Gasteiger partial charge in [0.05, 0.1) is 7.05 Å². The zero-order valence-corrected chi connectivity index (χ0v) is 10.6. The highest BCUT2D eigenvalue weighted by atomic mass is 15.0. The van der Waals surface area contributed by atoms with Crippen molar-refractivity contribution in [3.05, 3.63) is 60.6 Å². The van der Waals surface area contributed by atoms with Crippen molar-refractivity contribution in [1.82, 2.24) is 4.98 Å². The fraction of sp³-hybridized carbons (Fsp3) is 0.125. The van der Waals surface area contributed by atoms with E-state index < -0.39 is 0 Å². The molecule has 0 saturated heterocycles. The van der Waals surface area contributed by atoms with Gasteiger partial charge in [0.25, 0.3) is 6.33 Å². The first-order valence-corrected chi connectivity index (χ1v) is 6.05. The molecule has 2 aromatic carbocycles. The highest BCUT2D eigenvalue weighted by Crippen LogP contribution is 2.25. The third-order valence-electron chi connectivity index (χ3n) is 3.31. The van der Waals surface area contributed by atoms with Crippen molar-refractivity contribution in [1.29, 1.82) is 0 Å². The molecule has 2 nitrogen and oxygen atoms in total. The van der Waals surface area contributed by atoms with Gasteiger partial charge in [-0.15, -0.1) is 0 Å². The van der Waals surface area contributed by atoms with Gasteiger partial charge in [0, 0.05) is 11.6 Å². The van der Waals surface area contributed by atoms with Crippen LogP contribution < -0.4 is 4.57 Å². The van der Waals surface area contributed by atoms with Gasteiger partial charge in [-0.1, -0.05) is 35.3 Å². The fourth-order valence-corrected chi connectivity index (χ4v) is 2.34. The number of hydrogen-bond acceptors (Lipinski definition) is 1. The molecule has 18 heavy (non-hydrogen) atoms. The van der Waals surface area contributed by atoms with E-state index in [9.17, 15) is 0 Å². The standard InChI is InChI=1S/C16H15N2/c1-12-9-13-5-3-4-6-14(13)10-15(12)16-7-8-17-11-18(16)2/h3-11H,1-2H3/q+1. The monoisotopic (exact) mass is 235 g/mol. The SMILES string of the molecule is Cc1cc2ccccc2cc1-c1ccnc[n+]1C. The predicted octanol–water partition coefficient (Wildman–Crippen LogP) is 3.03. The highest BCUT2D eigenvalue weighted by Gasteiger charge is 2.10. The van der Waals surface area contributed by atoms with Crippen LogP contribution in [0.2, 0.25) is 0 Å². The van der Waals surface area contributed by atoms with Gasteiger partial charge in [-0.3, -0.25) is 0 Å². The molecular formula is C16H15N2+. The van der Waals surface area contributed by atoms with Crippen LogP contribution in [0.15, 0.2) is 55.0 Å². The highest BCUT2D eigenvalue weighted by molar-refractivity contribution is 5.88. The molecule has 1 aromatic heterocycles. The van der Waals surface area contributed by atoms with Crippen molar-refractivity contribution in [3.63, 3.8) is 0 Å². The van der Waals surface area contributed by atoms with Crippen LogP contribution in [0, 0.1) is 6.92 Å². The first-order valence-electron chi connectivity index (χ1n) is 6.05. The van der Waals surface area contributed by atoms with Crippen molar-refractivity contribution in [2.45, 2.75) is 6.92 Å². The number of aryl methyl sites for hydroxylation is 2. The van der Waals surface area contributed by atoms with Gasteiger partial charge in [-0.25, -0.2) is 4.57 Å². The van der Waals surface area contributed by atoms with Gasteiger partial charge in [0.2, 0.25) is 0 Å². The summed E-state index contributed by atoms with van der Waals surface area (Å²) < 4.78 is 2.05. The maximum absolute atomic E-state index is 4.13. The van der Waals surface area contributed by atoms with Crippen LogP contribution in [0.1, 0.15) is 5.56 Å². The van der Waals surface area contributed by atoms with Crippen LogP contribution in [0.4, 0.5) is 0 Å². The third-order valence-corrected chi connectivity index (χ3v) is 3.31. The first-order chi connectivity index (χ1) is 8.75. The quantitative estimate of drug-likeness (QED) is 0.592. The molecule has 0 bridgehead atoms. The molecule has 0 unspecified atom stereocenters. The summed E-state index contributed by atoms with van der Waals surface area (Å²) in [6, 6.07) is 15.0. The van der Waals surface area contributed by atoms with E-state index in [4.69, 9.17) is 0 Å². The number of fused-ring (bicyclic) bond motifs is 1. The minimum Gasteiger partial charge on any atom is -0.233 e. The molecule has 0 aliphatic heterocycles. The Morgan fingerprint density at radius 3 is 2.44 bits per heavy atom. The maximum Gasteiger partial charge on any atom is 0.286 e. The van der Waals surface area contributed by atoms with E-state index in [-0.39, 0.29) is 0 Å². The normalized spacial score (nSPS) is 10.8. The number of nitrogens with zero attached hydrogens (tertiary/aromatic N) is 2. The zero-order valence-electron chi connectivity index (χ0n) is 10.6. The summed E-state index contributed by atoms with van der Waals surface area (Å²) in [6.45, 7) is 2.15. The molecule has 0 aliphatic carbocycles. The second-order valence-corrected chi connectivity index (χ2v) is 4.59. The summed E-state index contributed by atoms with van der Waals surface area (Å²) >= 11 is 0. The Morgan fingerprint density at radius 1 is 1.00 bits per heavy atom. The lowest BCUT2D eigenvalue weighted by molar-refractivity contribution is -0.663. The maximum atomic E-state index is 4.13. The molecule has 0 fully saturated rings. The van der Waals surface area contributed by atoms with Crippen LogP contribution in [0.5, 0.6) is 0 Å².